The van der Waals surface area contributed by atoms with E-state index in [0.717, 1.165) is 29.6 Å². The van der Waals surface area contributed by atoms with E-state index in [2.05, 4.69) is 17.9 Å². The molecule has 0 spiro atoms. The first kappa shape index (κ1) is 14.0. The molecule has 1 heterocycles. The Labute approximate surface area is 120 Å². The summed E-state index contributed by atoms with van der Waals surface area (Å²) in [6.45, 7) is 4.58. The predicted octanol–water partition coefficient (Wildman–Crippen LogP) is 5.10. The normalized spacial score (nSPS) is 20.8. The van der Waals surface area contributed by atoms with E-state index < -0.39 is 0 Å². The minimum Gasteiger partial charge on any atom is -0.371 e. The van der Waals surface area contributed by atoms with Gasteiger partial charge in [0.25, 0.3) is 0 Å². The average molecular weight is 286 g/mol. The lowest BCUT2D eigenvalue weighted by molar-refractivity contribution is 0.459. The highest BCUT2D eigenvalue weighted by Crippen LogP contribution is 2.29. The second-order valence-corrected chi connectivity index (χ2v) is 5.80. The first-order valence-electron chi connectivity index (χ1n) is 6.84. The maximum absolute atomic E-state index is 6.04. The Balaban J connectivity index is 2.15. The average Bonchev–Trinajstić information content (AvgIpc) is 2.63. The fourth-order valence-corrected chi connectivity index (χ4v) is 3.19. The summed E-state index contributed by atoms with van der Waals surface area (Å²) in [5.74, 6) is 1.42. The molecule has 100 valence electrons. The van der Waals surface area contributed by atoms with E-state index >= 15 is 0 Å². The molecule has 1 aliphatic rings. The Morgan fingerprint density at radius 1 is 1.28 bits per heavy atom. The molecule has 1 saturated heterocycles. The largest absolute Gasteiger partial charge is 0.371 e. The van der Waals surface area contributed by atoms with Crippen molar-refractivity contribution < 1.29 is 0 Å². The zero-order chi connectivity index (χ0) is 13.0. The van der Waals surface area contributed by atoms with Gasteiger partial charge in [-0.1, -0.05) is 24.9 Å². The molecular weight excluding hydrogens is 265 g/mol. The minimum absolute atomic E-state index is 0.531. The molecule has 0 N–H and O–H groups in total. The fourth-order valence-electron chi connectivity index (χ4n) is 2.78. The summed E-state index contributed by atoms with van der Waals surface area (Å²) in [5, 5.41) is 0.774. The minimum atomic E-state index is 0.531. The zero-order valence-electron chi connectivity index (χ0n) is 11.0. The Kier molecular flexibility index (Phi) is 5.20. The molecule has 0 aromatic heterocycles. The van der Waals surface area contributed by atoms with Crippen LogP contribution < -0.4 is 4.90 Å². The van der Waals surface area contributed by atoms with E-state index in [1.165, 1.54) is 31.4 Å². The van der Waals surface area contributed by atoms with Gasteiger partial charge in [-0.25, -0.2) is 0 Å². The van der Waals surface area contributed by atoms with Crippen LogP contribution in [0.25, 0.3) is 0 Å². The van der Waals surface area contributed by atoms with Crippen LogP contribution in [0.1, 0.15) is 38.2 Å². The molecule has 0 amide bonds. The molecule has 18 heavy (non-hydrogen) atoms. The van der Waals surface area contributed by atoms with Gasteiger partial charge in [0.15, 0.2) is 0 Å². The maximum Gasteiger partial charge on any atom is 0.0495 e. The van der Waals surface area contributed by atoms with Gasteiger partial charge < -0.3 is 4.90 Å². The molecule has 0 saturated carbocycles. The predicted molar refractivity (Wildman–Crippen MR) is 80.9 cm³/mol. The second kappa shape index (κ2) is 6.68. The van der Waals surface area contributed by atoms with Gasteiger partial charge in [-0.3, -0.25) is 0 Å². The van der Waals surface area contributed by atoms with Crippen LogP contribution >= 0.6 is 23.2 Å². The molecule has 1 aliphatic heterocycles. The van der Waals surface area contributed by atoms with E-state index in [1.54, 1.807) is 0 Å². The highest BCUT2D eigenvalue weighted by atomic mass is 35.5. The SMILES string of the molecule is CCC1CCCN(c2ccc(Cl)cc2CCl)CC1. The molecule has 3 heteroatoms. The van der Waals surface area contributed by atoms with Crippen LogP contribution in [0.5, 0.6) is 0 Å². The smallest absolute Gasteiger partial charge is 0.0495 e. The van der Waals surface area contributed by atoms with Gasteiger partial charge in [0.2, 0.25) is 0 Å². The summed E-state index contributed by atoms with van der Waals surface area (Å²) in [6.07, 6.45) is 5.23. The third kappa shape index (κ3) is 3.33. The third-order valence-electron chi connectivity index (χ3n) is 3.95. The van der Waals surface area contributed by atoms with Crippen molar-refractivity contribution in [3.8, 4) is 0 Å². The topological polar surface area (TPSA) is 3.24 Å². The van der Waals surface area contributed by atoms with Crippen molar-refractivity contribution in [3.63, 3.8) is 0 Å². The van der Waals surface area contributed by atoms with Crippen molar-refractivity contribution >= 4 is 28.9 Å². The van der Waals surface area contributed by atoms with Gasteiger partial charge >= 0.3 is 0 Å². The van der Waals surface area contributed by atoms with Crippen molar-refractivity contribution in [2.24, 2.45) is 5.92 Å². The number of benzene rings is 1. The quantitative estimate of drug-likeness (QED) is 0.699. The van der Waals surface area contributed by atoms with E-state index in [4.69, 9.17) is 23.2 Å². The molecule has 1 fully saturated rings. The lowest BCUT2D eigenvalue weighted by Gasteiger charge is -2.25. The van der Waals surface area contributed by atoms with Gasteiger partial charge in [0.1, 0.15) is 0 Å². The lowest BCUT2D eigenvalue weighted by Crippen LogP contribution is -2.25. The van der Waals surface area contributed by atoms with Crippen molar-refractivity contribution in [2.45, 2.75) is 38.5 Å². The standard InChI is InChI=1S/C15H21Cl2N/c1-2-12-4-3-8-18(9-7-12)15-6-5-14(17)10-13(15)11-16/h5-6,10,12H,2-4,7-9,11H2,1H3. The number of alkyl halides is 1. The first-order valence-corrected chi connectivity index (χ1v) is 7.75. The van der Waals surface area contributed by atoms with E-state index in [-0.39, 0.29) is 0 Å². The summed E-state index contributed by atoms with van der Waals surface area (Å²) < 4.78 is 0. The Morgan fingerprint density at radius 3 is 2.83 bits per heavy atom. The maximum atomic E-state index is 6.04. The summed E-state index contributed by atoms with van der Waals surface area (Å²) >= 11 is 12.1. The molecule has 0 aliphatic carbocycles. The zero-order valence-corrected chi connectivity index (χ0v) is 12.5. The molecule has 2 rings (SSSR count). The first-order chi connectivity index (χ1) is 8.74. The second-order valence-electron chi connectivity index (χ2n) is 5.10. The molecular formula is C15H21Cl2N. The number of nitrogens with zero attached hydrogens (tertiary/aromatic N) is 1. The Bertz CT molecular complexity index is 392. The van der Waals surface area contributed by atoms with E-state index in [1.807, 2.05) is 12.1 Å². The van der Waals surface area contributed by atoms with Crippen LogP contribution in [-0.4, -0.2) is 13.1 Å². The number of hydrogen-bond donors (Lipinski definition) is 0. The molecule has 0 radical (unpaired) electrons. The van der Waals surface area contributed by atoms with Crippen LogP contribution in [0.2, 0.25) is 5.02 Å². The summed E-state index contributed by atoms with van der Waals surface area (Å²) in [6, 6.07) is 6.08. The van der Waals surface area contributed by atoms with Crippen LogP contribution in [0.15, 0.2) is 18.2 Å². The lowest BCUT2D eigenvalue weighted by atomic mass is 9.98. The van der Waals surface area contributed by atoms with E-state index in [0.29, 0.717) is 5.88 Å². The highest BCUT2D eigenvalue weighted by Gasteiger charge is 2.17. The Hall–Kier alpha value is -0.400. The van der Waals surface area contributed by atoms with Gasteiger partial charge in [0.05, 0.1) is 0 Å². The number of halogens is 2. The number of rotatable bonds is 3. The molecule has 1 aromatic carbocycles. The highest BCUT2D eigenvalue weighted by molar-refractivity contribution is 6.30. The van der Waals surface area contributed by atoms with Crippen molar-refractivity contribution in [3.05, 3.63) is 28.8 Å². The van der Waals surface area contributed by atoms with Crippen LogP contribution in [0.3, 0.4) is 0 Å². The molecule has 1 unspecified atom stereocenters. The van der Waals surface area contributed by atoms with E-state index in [9.17, 15) is 0 Å². The molecule has 1 nitrogen and oxygen atoms in total. The van der Waals surface area contributed by atoms with Gasteiger partial charge in [-0.2, -0.15) is 0 Å². The van der Waals surface area contributed by atoms with Gasteiger partial charge in [-0.15, -0.1) is 11.6 Å². The Morgan fingerprint density at radius 2 is 2.11 bits per heavy atom. The van der Waals surface area contributed by atoms with Crippen molar-refractivity contribution in [1.29, 1.82) is 0 Å². The summed E-state index contributed by atoms with van der Waals surface area (Å²) in [7, 11) is 0. The van der Waals surface area contributed by atoms with Crippen molar-refractivity contribution in [1.82, 2.24) is 0 Å². The van der Waals surface area contributed by atoms with Crippen LogP contribution in [0.4, 0.5) is 5.69 Å². The molecule has 1 aromatic rings. The van der Waals surface area contributed by atoms with Gasteiger partial charge in [-0.05, 0) is 48.9 Å². The molecule has 1 atom stereocenters. The third-order valence-corrected chi connectivity index (χ3v) is 4.47. The summed E-state index contributed by atoms with van der Waals surface area (Å²) in [4.78, 5) is 2.48. The number of anilines is 1. The fraction of sp³-hybridized carbons (Fsp3) is 0.600. The monoisotopic (exact) mass is 285 g/mol. The van der Waals surface area contributed by atoms with Crippen LogP contribution in [0, 0.1) is 5.92 Å². The van der Waals surface area contributed by atoms with Crippen LogP contribution in [-0.2, 0) is 5.88 Å². The van der Waals surface area contributed by atoms with Gasteiger partial charge in [0, 0.05) is 29.7 Å². The molecule has 0 bridgehead atoms. The summed E-state index contributed by atoms with van der Waals surface area (Å²) in [5.41, 5.74) is 2.42. The number of hydrogen-bond acceptors (Lipinski definition) is 1. The van der Waals surface area contributed by atoms with Crippen molar-refractivity contribution in [2.75, 3.05) is 18.0 Å².